The van der Waals surface area contributed by atoms with E-state index in [0.29, 0.717) is 6.42 Å². The molecule has 4 nitrogen and oxygen atoms in total. The van der Waals surface area contributed by atoms with Gasteiger partial charge in [-0.3, -0.25) is 9.59 Å². The number of hydrogen-bond acceptors (Lipinski definition) is 2. The number of unbranched alkanes of at least 4 members (excludes halogenated alkanes) is 5. The van der Waals surface area contributed by atoms with Crippen LogP contribution in [0.3, 0.4) is 0 Å². The third kappa shape index (κ3) is 7.04. The summed E-state index contributed by atoms with van der Waals surface area (Å²) in [5, 5.41) is 17.2. The fraction of sp³-hybridized carbons (Fsp3) is 0.667. The predicted octanol–water partition coefficient (Wildman–Crippen LogP) is 2.69. The van der Waals surface area contributed by atoms with Gasteiger partial charge in [0.2, 0.25) is 0 Å². The lowest BCUT2D eigenvalue weighted by Crippen LogP contribution is -2.23. The van der Waals surface area contributed by atoms with Crippen LogP contribution >= 0.6 is 0 Å². The van der Waals surface area contributed by atoms with Crippen molar-refractivity contribution in [1.82, 2.24) is 0 Å². The van der Waals surface area contributed by atoms with E-state index in [1.165, 1.54) is 0 Å². The Morgan fingerprint density at radius 3 is 2.00 bits per heavy atom. The Morgan fingerprint density at radius 1 is 1.00 bits per heavy atom. The van der Waals surface area contributed by atoms with E-state index >= 15 is 0 Å². The molecule has 0 bridgehead atoms. The molecule has 0 radical (unpaired) electrons. The summed E-state index contributed by atoms with van der Waals surface area (Å²) in [4.78, 5) is 21.1. The Kier molecular flexibility index (Phi) is 8.21. The zero-order valence-electron chi connectivity index (χ0n) is 9.52. The molecule has 0 heterocycles. The minimum atomic E-state index is -1.24. The minimum absolute atomic E-state index is 0.228. The van der Waals surface area contributed by atoms with Gasteiger partial charge in [-0.05, 0) is 19.3 Å². The fourth-order valence-corrected chi connectivity index (χ4v) is 1.52. The molecular weight excluding hydrogens is 208 g/mol. The summed E-state index contributed by atoms with van der Waals surface area (Å²) >= 11 is 0. The molecule has 0 unspecified atom stereocenters. The maximum atomic E-state index is 10.6. The van der Waals surface area contributed by atoms with E-state index in [1.54, 1.807) is 0 Å². The van der Waals surface area contributed by atoms with Gasteiger partial charge in [0.15, 0.2) is 5.92 Å². The highest BCUT2D eigenvalue weighted by Gasteiger charge is 2.24. The topological polar surface area (TPSA) is 74.6 Å². The van der Waals surface area contributed by atoms with Crippen LogP contribution in [0.4, 0.5) is 0 Å². The number of carboxylic acids is 2. The SMILES string of the molecule is C=CCCCCCCCC(C(=O)O)C(=O)O. The normalized spacial score (nSPS) is 10.3. The Morgan fingerprint density at radius 2 is 1.50 bits per heavy atom. The van der Waals surface area contributed by atoms with E-state index in [4.69, 9.17) is 10.2 Å². The van der Waals surface area contributed by atoms with Crippen LogP contribution in [-0.2, 0) is 9.59 Å². The van der Waals surface area contributed by atoms with Gasteiger partial charge in [0.1, 0.15) is 0 Å². The molecule has 0 fully saturated rings. The van der Waals surface area contributed by atoms with Crippen molar-refractivity contribution in [1.29, 1.82) is 0 Å². The van der Waals surface area contributed by atoms with Crippen LogP contribution in [0.25, 0.3) is 0 Å². The summed E-state index contributed by atoms with van der Waals surface area (Å²) in [6.07, 6.45) is 7.90. The number of hydrogen-bond donors (Lipinski definition) is 2. The molecule has 0 rings (SSSR count). The summed E-state index contributed by atoms with van der Waals surface area (Å²) in [6, 6.07) is 0. The molecule has 0 saturated carbocycles. The van der Waals surface area contributed by atoms with Crippen LogP contribution in [0.2, 0.25) is 0 Å². The van der Waals surface area contributed by atoms with Crippen LogP contribution in [-0.4, -0.2) is 22.2 Å². The lowest BCUT2D eigenvalue weighted by atomic mass is 10.0. The van der Waals surface area contributed by atoms with Crippen molar-refractivity contribution in [3.05, 3.63) is 12.7 Å². The van der Waals surface area contributed by atoms with Crippen molar-refractivity contribution in [2.75, 3.05) is 0 Å². The van der Waals surface area contributed by atoms with E-state index in [2.05, 4.69) is 6.58 Å². The van der Waals surface area contributed by atoms with Gasteiger partial charge in [0.05, 0.1) is 0 Å². The first kappa shape index (κ1) is 14.7. The van der Waals surface area contributed by atoms with Gasteiger partial charge in [0.25, 0.3) is 0 Å². The summed E-state index contributed by atoms with van der Waals surface area (Å²) < 4.78 is 0. The quantitative estimate of drug-likeness (QED) is 0.342. The van der Waals surface area contributed by atoms with Crippen LogP contribution in [0.5, 0.6) is 0 Å². The highest BCUT2D eigenvalue weighted by molar-refractivity contribution is 5.92. The number of rotatable bonds is 10. The van der Waals surface area contributed by atoms with E-state index in [9.17, 15) is 9.59 Å². The van der Waals surface area contributed by atoms with Gasteiger partial charge in [-0.2, -0.15) is 0 Å². The van der Waals surface area contributed by atoms with Gasteiger partial charge < -0.3 is 10.2 Å². The molecule has 0 aromatic carbocycles. The van der Waals surface area contributed by atoms with Crippen LogP contribution < -0.4 is 0 Å². The van der Waals surface area contributed by atoms with Crippen molar-refractivity contribution >= 4 is 11.9 Å². The molecule has 0 saturated heterocycles. The summed E-state index contributed by atoms with van der Waals surface area (Å²) in [6.45, 7) is 3.63. The monoisotopic (exact) mass is 228 g/mol. The molecule has 0 aromatic rings. The number of carboxylic acid groups (broad SMARTS) is 2. The third-order valence-electron chi connectivity index (χ3n) is 2.50. The fourth-order valence-electron chi connectivity index (χ4n) is 1.52. The van der Waals surface area contributed by atoms with Crippen LogP contribution in [0.15, 0.2) is 12.7 Å². The lowest BCUT2D eigenvalue weighted by molar-refractivity contribution is -0.154. The maximum Gasteiger partial charge on any atom is 0.317 e. The second kappa shape index (κ2) is 8.95. The third-order valence-corrected chi connectivity index (χ3v) is 2.50. The van der Waals surface area contributed by atoms with E-state index in [-0.39, 0.29) is 6.42 Å². The number of aliphatic carboxylic acids is 2. The molecular formula is C12H20O4. The molecule has 0 amide bonds. The first-order chi connectivity index (χ1) is 7.59. The van der Waals surface area contributed by atoms with E-state index < -0.39 is 17.9 Å². The average molecular weight is 228 g/mol. The predicted molar refractivity (Wildman–Crippen MR) is 61.3 cm³/mol. The molecule has 0 spiro atoms. The maximum absolute atomic E-state index is 10.6. The molecule has 92 valence electrons. The zero-order valence-corrected chi connectivity index (χ0v) is 9.52. The molecule has 0 aliphatic heterocycles. The van der Waals surface area contributed by atoms with Crippen molar-refractivity contribution < 1.29 is 19.8 Å². The first-order valence-corrected chi connectivity index (χ1v) is 5.66. The molecule has 0 aliphatic carbocycles. The second-order valence-electron chi connectivity index (χ2n) is 3.86. The van der Waals surface area contributed by atoms with Crippen molar-refractivity contribution in [2.24, 2.45) is 5.92 Å². The number of carbonyl (C=O) groups is 2. The van der Waals surface area contributed by atoms with Gasteiger partial charge in [-0.1, -0.05) is 31.8 Å². The molecule has 4 heteroatoms. The number of allylic oxidation sites excluding steroid dienone is 1. The average Bonchev–Trinajstić information content (AvgIpc) is 2.21. The standard InChI is InChI=1S/C12H20O4/c1-2-3-4-5-6-7-8-9-10(11(13)14)12(15)16/h2,10H,1,3-9H2,(H,13,14)(H,15,16). The summed E-state index contributed by atoms with van der Waals surface area (Å²) in [5.74, 6) is -3.72. The lowest BCUT2D eigenvalue weighted by Gasteiger charge is -2.06. The van der Waals surface area contributed by atoms with Gasteiger partial charge >= 0.3 is 11.9 Å². The Balaban J connectivity index is 3.52. The van der Waals surface area contributed by atoms with Crippen LogP contribution in [0, 0.1) is 5.92 Å². The van der Waals surface area contributed by atoms with Gasteiger partial charge in [-0.25, -0.2) is 0 Å². The van der Waals surface area contributed by atoms with E-state index in [1.807, 2.05) is 6.08 Å². The molecule has 0 atom stereocenters. The van der Waals surface area contributed by atoms with Crippen molar-refractivity contribution in [3.8, 4) is 0 Å². The molecule has 2 N–H and O–H groups in total. The van der Waals surface area contributed by atoms with E-state index in [0.717, 1.165) is 32.1 Å². The van der Waals surface area contributed by atoms with Crippen molar-refractivity contribution in [3.63, 3.8) is 0 Å². The second-order valence-corrected chi connectivity index (χ2v) is 3.86. The Labute approximate surface area is 96.0 Å². The first-order valence-electron chi connectivity index (χ1n) is 5.66. The van der Waals surface area contributed by atoms with Gasteiger partial charge in [0, 0.05) is 0 Å². The minimum Gasteiger partial charge on any atom is -0.481 e. The highest BCUT2D eigenvalue weighted by Crippen LogP contribution is 2.13. The summed E-state index contributed by atoms with van der Waals surface area (Å²) in [7, 11) is 0. The van der Waals surface area contributed by atoms with Crippen molar-refractivity contribution in [2.45, 2.75) is 44.9 Å². The Hall–Kier alpha value is -1.32. The van der Waals surface area contributed by atoms with Gasteiger partial charge in [-0.15, -0.1) is 6.58 Å². The smallest absolute Gasteiger partial charge is 0.317 e. The zero-order chi connectivity index (χ0) is 12.4. The molecule has 16 heavy (non-hydrogen) atoms. The molecule has 0 aromatic heterocycles. The Bertz CT molecular complexity index is 221. The largest absolute Gasteiger partial charge is 0.481 e. The van der Waals surface area contributed by atoms with Crippen LogP contribution in [0.1, 0.15) is 44.9 Å². The molecule has 0 aliphatic rings. The summed E-state index contributed by atoms with van der Waals surface area (Å²) in [5.41, 5.74) is 0. The highest BCUT2D eigenvalue weighted by atomic mass is 16.4.